The maximum Gasteiger partial charge on any atom is 1.00 e. The molecule has 0 aromatic heterocycles. The molecule has 0 saturated carbocycles. The van der Waals surface area contributed by atoms with Crippen LogP contribution in [0.4, 0.5) is 0 Å². The zero-order chi connectivity index (χ0) is 21.8. The van der Waals surface area contributed by atoms with E-state index in [0.29, 0.717) is 12.8 Å². The third-order valence-corrected chi connectivity index (χ3v) is 7.26. The van der Waals surface area contributed by atoms with Crippen LogP contribution in [0.2, 0.25) is 0 Å². The average Bonchev–Trinajstić information content (AvgIpc) is 2.66. The maximum atomic E-state index is 11.5. The van der Waals surface area contributed by atoms with Gasteiger partial charge < -0.3 is 9.66 Å². The quantitative estimate of drug-likeness (QED) is 0.146. The summed E-state index contributed by atoms with van der Waals surface area (Å²) in [7, 11) is -4.16. The summed E-state index contributed by atoms with van der Waals surface area (Å²) < 4.78 is 34.6. The number of hydrogen-bond acceptors (Lipinski definition) is 4. The summed E-state index contributed by atoms with van der Waals surface area (Å²) in [6.45, 7) is 4.30. The molecule has 0 radical (unpaired) electrons. The van der Waals surface area contributed by atoms with Crippen LogP contribution in [0.25, 0.3) is 0 Å². The normalized spacial score (nSPS) is 13.7. The van der Waals surface area contributed by atoms with E-state index >= 15 is 0 Å². The summed E-state index contributed by atoms with van der Waals surface area (Å²) in [6.07, 6.45) is 20.9. The topological polar surface area (TPSA) is 77.4 Å². The van der Waals surface area contributed by atoms with Crippen LogP contribution in [0.15, 0.2) is 0 Å². The van der Waals surface area contributed by atoms with Crippen molar-refractivity contribution < 1.29 is 69.5 Å². The van der Waals surface area contributed by atoms with Gasteiger partial charge in [0, 0.05) is 5.25 Å². The fourth-order valence-electron chi connectivity index (χ4n) is 4.05. The Labute approximate surface area is 230 Å². The van der Waals surface area contributed by atoms with Crippen molar-refractivity contribution in [2.24, 2.45) is 0 Å². The molecule has 30 heavy (non-hydrogen) atoms. The second-order valence-electron chi connectivity index (χ2n) is 8.87. The Morgan fingerprint density at radius 3 is 1.33 bits per heavy atom. The maximum absolute atomic E-state index is 11.5. The first-order valence-electron chi connectivity index (χ1n) is 12.5. The molecule has 2 atom stereocenters. The summed E-state index contributed by atoms with van der Waals surface area (Å²) in [4.78, 5) is 0. The molecule has 4 nitrogen and oxygen atoms in total. The van der Waals surface area contributed by atoms with Gasteiger partial charge in [0.05, 0.1) is 16.2 Å². The van der Waals surface area contributed by atoms with Gasteiger partial charge in [-0.05, 0) is 25.7 Å². The molecule has 0 amide bonds. The van der Waals surface area contributed by atoms with Crippen LogP contribution in [-0.4, -0.2) is 29.4 Å². The number of unbranched alkanes of at least 4 members (excludes halogenated alkanes) is 13. The molecule has 1 N–H and O–H groups in total. The second kappa shape index (κ2) is 23.7. The predicted molar refractivity (Wildman–Crippen MR) is 123 cm³/mol. The van der Waals surface area contributed by atoms with Gasteiger partial charge in [0.25, 0.3) is 0 Å². The standard InChI is InChI=1S/C24H50O4S.K/c1-3-5-6-7-10-14-17-21-24(29(26,27)28)22-18-15-12-9-8-11-13-16-20-23(25)19-4-2;/h23-25H,3-22H2,1-2H3,(H,26,27,28);/q;+1/p-1. The van der Waals surface area contributed by atoms with Crippen molar-refractivity contribution in [1.29, 1.82) is 0 Å². The third kappa shape index (κ3) is 22.7. The molecule has 0 aliphatic rings. The van der Waals surface area contributed by atoms with Crippen LogP contribution in [0.5, 0.6) is 0 Å². The molecule has 0 spiro atoms. The summed E-state index contributed by atoms with van der Waals surface area (Å²) in [5, 5.41) is 9.02. The fraction of sp³-hybridized carbons (Fsp3) is 1.00. The Morgan fingerprint density at radius 2 is 0.967 bits per heavy atom. The summed E-state index contributed by atoms with van der Waals surface area (Å²) >= 11 is 0. The molecule has 0 saturated heterocycles. The molecule has 6 heteroatoms. The van der Waals surface area contributed by atoms with Crippen molar-refractivity contribution in [1.82, 2.24) is 0 Å². The van der Waals surface area contributed by atoms with Crippen molar-refractivity contribution in [3.05, 3.63) is 0 Å². The van der Waals surface area contributed by atoms with Crippen molar-refractivity contribution in [3.63, 3.8) is 0 Å². The molecule has 0 heterocycles. The van der Waals surface area contributed by atoms with E-state index in [9.17, 15) is 18.1 Å². The van der Waals surface area contributed by atoms with E-state index in [-0.39, 0.29) is 57.5 Å². The van der Waals surface area contributed by atoms with Gasteiger partial charge in [0.2, 0.25) is 0 Å². The van der Waals surface area contributed by atoms with Crippen molar-refractivity contribution in [3.8, 4) is 0 Å². The molecule has 0 fully saturated rings. The van der Waals surface area contributed by atoms with Gasteiger partial charge in [-0.25, -0.2) is 8.42 Å². The van der Waals surface area contributed by atoms with Crippen LogP contribution >= 0.6 is 0 Å². The molecular weight excluding hydrogens is 423 g/mol. The van der Waals surface area contributed by atoms with Gasteiger partial charge in [0.1, 0.15) is 0 Å². The minimum absolute atomic E-state index is 0. The van der Waals surface area contributed by atoms with Crippen LogP contribution in [0.3, 0.4) is 0 Å². The van der Waals surface area contributed by atoms with Gasteiger partial charge >= 0.3 is 51.4 Å². The van der Waals surface area contributed by atoms with E-state index in [4.69, 9.17) is 0 Å². The van der Waals surface area contributed by atoms with Crippen molar-refractivity contribution >= 4 is 10.1 Å². The van der Waals surface area contributed by atoms with E-state index in [2.05, 4.69) is 13.8 Å². The van der Waals surface area contributed by atoms with Gasteiger partial charge in [-0.15, -0.1) is 0 Å². The van der Waals surface area contributed by atoms with Gasteiger partial charge in [-0.1, -0.05) is 117 Å². The van der Waals surface area contributed by atoms with Gasteiger partial charge in [-0.2, -0.15) is 0 Å². The zero-order valence-corrected chi connectivity index (χ0v) is 24.3. The summed E-state index contributed by atoms with van der Waals surface area (Å²) in [6, 6.07) is 0. The number of aliphatic hydroxyl groups is 1. The molecule has 0 bridgehead atoms. The van der Waals surface area contributed by atoms with Gasteiger partial charge in [-0.3, -0.25) is 0 Å². The summed E-state index contributed by atoms with van der Waals surface area (Å²) in [5.41, 5.74) is 0. The first-order chi connectivity index (χ1) is 13.9. The second-order valence-corrected chi connectivity index (χ2v) is 10.5. The number of hydrogen-bond donors (Lipinski definition) is 1. The fourth-order valence-corrected chi connectivity index (χ4v) is 4.96. The minimum Gasteiger partial charge on any atom is -0.748 e. The largest absolute Gasteiger partial charge is 1.00 e. The minimum atomic E-state index is -4.16. The van der Waals surface area contributed by atoms with Crippen LogP contribution < -0.4 is 51.4 Å². The molecule has 0 rings (SSSR count). The van der Waals surface area contributed by atoms with E-state index in [0.717, 1.165) is 64.2 Å². The zero-order valence-electron chi connectivity index (χ0n) is 20.4. The Morgan fingerprint density at radius 1 is 0.600 bits per heavy atom. The first kappa shape index (κ1) is 33.7. The third-order valence-electron chi connectivity index (χ3n) is 5.97. The SMILES string of the molecule is CCCCCCCCCC(CCCCCCCCCCC(O)CCC)S(=O)(=O)[O-].[K+]. The molecule has 2 unspecified atom stereocenters. The summed E-state index contributed by atoms with van der Waals surface area (Å²) in [5.74, 6) is 0. The Kier molecular flexibility index (Phi) is 26.6. The monoisotopic (exact) mass is 472 g/mol. The van der Waals surface area contributed by atoms with E-state index < -0.39 is 15.4 Å². The van der Waals surface area contributed by atoms with Crippen LogP contribution in [0, 0.1) is 0 Å². The molecule has 0 aliphatic carbocycles. The molecular formula is C24H49KO4S. The predicted octanol–water partition coefficient (Wildman–Crippen LogP) is 4.11. The van der Waals surface area contributed by atoms with E-state index in [1.807, 2.05) is 0 Å². The number of rotatable bonds is 22. The molecule has 0 aliphatic heterocycles. The molecule has 176 valence electrons. The Bertz CT molecular complexity index is 442. The van der Waals surface area contributed by atoms with Crippen LogP contribution in [0.1, 0.15) is 142 Å². The molecule has 0 aromatic rings. The number of aliphatic hydroxyl groups excluding tert-OH is 1. The van der Waals surface area contributed by atoms with Crippen LogP contribution in [-0.2, 0) is 10.1 Å². The van der Waals surface area contributed by atoms with Gasteiger partial charge in [0.15, 0.2) is 0 Å². The van der Waals surface area contributed by atoms with E-state index in [1.165, 1.54) is 51.4 Å². The smallest absolute Gasteiger partial charge is 0.748 e. The first-order valence-corrected chi connectivity index (χ1v) is 14.0. The molecule has 0 aromatic carbocycles. The Hall–Kier alpha value is 1.51. The van der Waals surface area contributed by atoms with Crippen molar-refractivity contribution in [2.75, 3.05) is 0 Å². The van der Waals surface area contributed by atoms with Crippen molar-refractivity contribution in [2.45, 2.75) is 154 Å². The average molecular weight is 473 g/mol. The van der Waals surface area contributed by atoms with E-state index in [1.54, 1.807) is 0 Å². The Balaban J connectivity index is 0.